The van der Waals surface area contributed by atoms with E-state index in [0.717, 1.165) is 0 Å². The normalized spacial score (nSPS) is 17.9. The van der Waals surface area contributed by atoms with E-state index in [1.807, 2.05) is 0 Å². The molecule has 0 saturated carbocycles. The molecule has 1 unspecified atom stereocenters. The van der Waals surface area contributed by atoms with E-state index >= 15 is 0 Å². The van der Waals surface area contributed by atoms with Crippen LogP contribution in [0.25, 0.3) is 0 Å². The fourth-order valence-electron chi connectivity index (χ4n) is 2.78. The quantitative estimate of drug-likeness (QED) is 0.424. The number of esters is 1. The molecule has 3 rings (SSSR count). The molecule has 0 radical (unpaired) electrons. The van der Waals surface area contributed by atoms with E-state index in [-0.39, 0.29) is 30.2 Å². The average Bonchev–Trinajstić information content (AvgIpc) is 3.13. The molecule has 150 valence electrons. The van der Waals surface area contributed by atoms with Gasteiger partial charge in [0, 0.05) is 35.4 Å². The van der Waals surface area contributed by atoms with Gasteiger partial charge in [0.05, 0.1) is 16.5 Å². The Labute approximate surface area is 164 Å². The Hall–Kier alpha value is -3.86. The minimum Gasteiger partial charge on any atom is -0.466 e. The number of rotatable bonds is 7. The van der Waals surface area contributed by atoms with Crippen LogP contribution in [0.15, 0.2) is 53.5 Å². The summed E-state index contributed by atoms with van der Waals surface area (Å²) in [5.41, 5.74) is 1.84. The second-order valence-electron chi connectivity index (χ2n) is 6.04. The van der Waals surface area contributed by atoms with Gasteiger partial charge in [0.25, 0.3) is 11.4 Å². The molecule has 1 N–H and O–H groups in total. The first-order valence-corrected chi connectivity index (χ1v) is 8.54. The lowest BCUT2D eigenvalue weighted by molar-refractivity contribution is -0.385. The van der Waals surface area contributed by atoms with Crippen molar-refractivity contribution in [1.29, 1.82) is 0 Å². The molecule has 1 aliphatic heterocycles. The van der Waals surface area contributed by atoms with Gasteiger partial charge < -0.3 is 4.74 Å². The number of carbonyl (C=O) groups is 1. The number of hydrogen-bond donors (Lipinski definition) is 1. The molecule has 0 fully saturated rings. The fourth-order valence-corrected chi connectivity index (χ4v) is 2.78. The minimum atomic E-state index is -1.50. The molecule has 0 spiro atoms. The summed E-state index contributed by atoms with van der Waals surface area (Å²) in [5.74, 6) is -0.316. The van der Waals surface area contributed by atoms with Crippen LogP contribution in [-0.2, 0) is 20.1 Å². The summed E-state index contributed by atoms with van der Waals surface area (Å²) in [4.78, 5) is 42.9. The first-order chi connectivity index (χ1) is 13.8. The second-order valence-corrected chi connectivity index (χ2v) is 6.04. The Morgan fingerprint density at radius 2 is 1.62 bits per heavy atom. The molecular weight excluding hydrogens is 384 g/mol. The Kier molecular flexibility index (Phi) is 5.50. The molecule has 0 aromatic heterocycles. The smallest absolute Gasteiger partial charge is 0.311 e. The zero-order valence-electron chi connectivity index (χ0n) is 15.2. The number of ether oxygens (including phenoxy) is 1. The van der Waals surface area contributed by atoms with Gasteiger partial charge in [-0.2, -0.15) is 0 Å². The summed E-state index contributed by atoms with van der Waals surface area (Å²) in [6.45, 7) is 1.83. The van der Waals surface area contributed by atoms with E-state index in [0.29, 0.717) is 11.1 Å². The third-order valence-electron chi connectivity index (χ3n) is 4.18. The molecule has 1 heterocycles. The summed E-state index contributed by atoms with van der Waals surface area (Å²) < 4.78 is 5.00. The molecule has 11 heteroatoms. The van der Waals surface area contributed by atoms with Crippen molar-refractivity contribution in [2.45, 2.75) is 19.1 Å². The molecular formula is C18H16N4O7. The number of amidine groups is 1. The van der Waals surface area contributed by atoms with E-state index in [2.05, 4.69) is 10.5 Å². The molecule has 0 bridgehead atoms. The van der Waals surface area contributed by atoms with Gasteiger partial charge in [-0.1, -0.05) is 0 Å². The first kappa shape index (κ1) is 19.9. The number of hydroxylamine groups is 1. The number of aliphatic imine (C=N–C) groups is 1. The first-order valence-electron chi connectivity index (χ1n) is 8.54. The maximum Gasteiger partial charge on any atom is 0.311 e. The van der Waals surface area contributed by atoms with Crippen LogP contribution in [0, 0.1) is 20.2 Å². The van der Waals surface area contributed by atoms with E-state index in [1.54, 1.807) is 6.92 Å². The van der Waals surface area contributed by atoms with Gasteiger partial charge >= 0.3 is 5.97 Å². The van der Waals surface area contributed by atoms with E-state index in [4.69, 9.17) is 9.57 Å². The summed E-state index contributed by atoms with van der Waals surface area (Å²) in [6.07, 6.45) is -0.276. The van der Waals surface area contributed by atoms with Crippen molar-refractivity contribution in [3.05, 3.63) is 79.9 Å². The predicted octanol–water partition coefficient (Wildman–Crippen LogP) is 2.59. The van der Waals surface area contributed by atoms with Gasteiger partial charge in [0.15, 0.2) is 5.84 Å². The number of nitrogens with one attached hydrogen (secondary N) is 1. The van der Waals surface area contributed by atoms with Crippen LogP contribution in [-0.4, -0.2) is 28.3 Å². The van der Waals surface area contributed by atoms with E-state index < -0.39 is 21.5 Å². The summed E-state index contributed by atoms with van der Waals surface area (Å²) >= 11 is 0. The summed E-state index contributed by atoms with van der Waals surface area (Å²) in [7, 11) is 0. The van der Waals surface area contributed by atoms with Crippen molar-refractivity contribution >= 4 is 23.2 Å². The van der Waals surface area contributed by atoms with Crippen molar-refractivity contribution in [3.63, 3.8) is 0 Å². The molecule has 11 nitrogen and oxygen atoms in total. The van der Waals surface area contributed by atoms with E-state index in [1.165, 1.54) is 48.5 Å². The minimum absolute atomic E-state index is 0.0820. The van der Waals surface area contributed by atoms with Crippen molar-refractivity contribution in [2.24, 2.45) is 4.99 Å². The molecule has 0 saturated heterocycles. The van der Waals surface area contributed by atoms with Crippen LogP contribution < -0.4 is 5.48 Å². The Morgan fingerprint density at radius 3 is 2.14 bits per heavy atom. The highest BCUT2D eigenvalue weighted by Crippen LogP contribution is 2.36. The molecule has 2 aromatic rings. The Bertz CT molecular complexity index is 973. The maximum absolute atomic E-state index is 12.1. The third-order valence-corrected chi connectivity index (χ3v) is 4.18. The average molecular weight is 400 g/mol. The fraction of sp³-hybridized carbons (Fsp3) is 0.222. The van der Waals surface area contributed by atoms with Gasteiger partial charge in [-0.3, -0.25) is 25.0 Å². The SMILES string of the molecule is CCOC(=O)CC1(c2ccc([N+](=O)[O-])cc2)N=C(c2ccc([N+](=O)[O-])cc2)NO1. The van der Waals surface area contributed by atoms with Crippen LogP contribution in [0.5, 0.6) is 0 Å². The zero-order chi connectivity index (χ0) is 21.0. The second kappa shape index (κ2) is 8.02. The molecule has 29 heavy (non-hydrogen) atoms. The largest absolute Gasteiger partial charge is 0.466 e. The van der Waals surface area contributed by atoms with E-state index in [9.17, 15) is 25.0 Å². The van der Waals surface area contributed by atoms with Crippen molar-refractivity contribution in [2.75, 3.05) is 6.61 Å². The molecule has 1 aliphatic rings. The van der Waals surface area contributed by atoms with Crippen LogP contribution >= 0.6 is 0 Å². The standard InChI is InChI=1S/C18H16N4O7/c1-2-28-16(23)11-18(13-5-9-15(10-6-13)22(26)27)19-17(20-29-18)12-3-7-14(8-4-12)21(24)25/h3-10H,2,11H2,1H3,(H,19,20). The van der Waals surface area contributed by atoms with Gasteiger partial charge in [-0.25, -0.2) is 15.3 Å². The number of nitrogens with zero attached hydrogens (tertiary/aromatic N) is 3. The van der Waals surface area contributed by atoms with Crippen LogP contribution in [0.4, 0.5) is 11.4 Å². The monoisotopic (exact) mass is 400 g/mol. The highest BCUT2D eigenvalue weighted by Gasteiger charge is 2.42. The van der Waals surface area contributed by atoms with Crippen molar-refractivity contribution in [1.82, 2.24) is 5.48 Å². The highest BCUT2D eigenvalue weighted by atomic mass is 16.7. The lowest BCUT2D eigenvalue weighted by atomic mass is 9.99. The van der Waals surface area contributed by atoms with Gasteiger partial charge in [0.1, 0.15) is 6.42 Å². The molecule has 2 aromatic carbocycles. The lowest BCUT2D eigenvalue weighted by Gasteiger charge is -2.23. The molecule has 1 atom stereocenters. The van der Waals surface area contributed by atoms with Gasteiger partial charge in [-0.05, 0) is 31.2 Å². The molecule has 0 aliphatic carbocycles. The lowest BCUT2D eigenvalue weighted by Crippen LogP contribution is -2.31. The van der Waals surface area contributed by atoms with Crippen LogP contribution in [0.3, 0.4) is 0 Å². The van der Waals surface area contributed by atoms with Gasteiger partial charge in [-0.15, -0.1) is 0 Å². The number of benzene rings is 2. The van der Waals surface area contributed by atoms with Crippen molar-refractivity contribution in [3.8, 4) is 0 Å². The number of non-ortho nitro benzene ring substituents is 2. The summed E-state index contributed by atoms with van der Waals surface area (Å²) in [5, 5.41) is 21.7. The summed E-state index contributed by atoms with van der Waals surface area (Å²) in [6, 6.07) is 11.1. The number of nitro benzene ring substituents is 2. The van der Waals surface area contributed by atoms with Gasteiger partial charge in [0.2, 0.25) is 5.72 Å². The highest BCUT2D eigenvalue weighted by molar-refractivity contribution is 5.99. The Morgan fingerprint density at radius 1 is 1.07 bits per heavy atom. The number of nitro groups is 2. The predicted molar refractivity (Wildman–Crippen MR) is 99.9 cm³/mol. The topological polar surface area (TPSA) is 146 Å². The van der Waals surface area contributed by atoms with Crippen LogP contribution in [0.1, 0.15) is 24.5 Å². The van der Waals surface area contributed by atoms with Crippen LogP contribution in [0.2, 0.25) is 0 Å². The third kappa shape index (κ3) is 4.19. The number of hydrogen-bond acceptors (Lipinski definition) is 9. The Balaban J connectivity index is 1.98. The number of carbonyl (C=O) groups excluding carboxylic acids is 1. The molecule has 0 amide bonds. The zero-order valence-corrected chi connectivity index (χ0v) is 15.2. The van der Waals surface area contributed by atoms with Crippen molar-refractivity contribution < 1.29 is 24.2 Å². The maximum atomic E-state index is 12.1.